The molecule has 102 heavy (non-hydrogen) atoms. The highest BCUT2D eigenvalue weighted by molar-refractivity contribution is 5.96. The van der Waals surface area contributed by atoms with Gasteiger partial charge in [-0.3, -0.25) is 0 Å². The van der Waals surface area contributed by atoms with Gasteiger partial charge in [-0.05, 0) is 249 Å². The molecule has 12 aromatic rings. The smallest absolute Gasteiger partial charge is 0.187 e. The zero-order valence-electron chi connectivity index (χ0n) is 56.8. The van der Waals surface area contributed by atoms with Crippen molar-refractivity contribution < 1.29 is 0 Å². The molecule has 0 aromatic heterocycles. The molecule has 482 valence electrons. The molecule has 0 unspecified atom stereocenters. The Balaban J connectivity index is 1.16. The molecule has 0 bridgehead atoms. The van der Waals surface area contributed by atoms with E-state index in [0.29, 0.717) is 45.0 Å². The average molecular weight is 1310 g/mol. The number of hydrogen-bond acceptors (Lipinski definition) is 8. The maximum atomic E-state index is 10.2. The molecule has 14 rings (SSSR count). The van der Waals surface area contributed by atoms with Gasteiger partial charge in [-0.1, -0.05) is 114 Å². The van der Waals surface area contributed by atoms with E-state index >= 15 is 0 Å². The molecule has 0 N–H and O–H groups in total. The summed E-state index contributed by atoms with van der Waals surface area (Å²) in [6, 6.07) is 97.0. The van der Waals surface area contributed by atoms with Crippen LogP contribution in [0.25, 0.3) is 41.6 Å². The van der Waals surface area contributed by atoms with Crippen molar-refractivity contribution in [1.29, 1.82) is 21.0 Å². The fraction of sp³-hybridized carbons (Fsp3) is 0.111. The van der Waals surface area contributed by atoms with Crippen molar-refractivity contribution >= 4 is 91.0 Å². The number of nitriles is 4. The lowest BCUT2D eigenvalue weighted by Gasteiger charge is -2.62. The Morgan fingerprint density at radius 3 is 0.549 bits per heavy atom. The van der Waals surface area contributed by atoms with Gasteiger partial charge in [0, 0.05) is 79.1 Å². The first-order chi connectivity index (χ1) is 49.4. The van der Waals surface area contributed by atoms with Crippen LogP contribution in [0.4, 0.5) is 91.0 Å². The highest BCUT2D eigenvalue weighted by atomic mass is 15.2. The van der Waals surface area contributed by atoms with Crippen molar-refractivity contribution in [3.63, 3.8) is 0 Å². The Bertz CT molecular complexity index is 4750. The summed E-state index contributed by atoms with van der Waals surface area (Å²) >= 11 is 0. The molecule has 2 aliphatic rings. The van der Waals surface area contributed by atoms with Gasteiger partial charge in [0.25, 0.3) is 0 Å². The highest BCUT2D eigenvalue weighted by Gasteiger charge is 2.71. The predicted molar refractivity (Wildman–Crippen MR) is 407 cm³/mol. The summed E-state index contributed by atoms with van der Waals surface area (Å²) in [5, 5.41) is 40.7. The van der Waals surface area contributed by atoms with Gasteiger partial charge in [-0.15, -0.1) is 0 Å². The Kier molecular flexibility index (Phi) is 16.4. The molecule has 12 heteroatoms. The van der Waals surface area contributed by atoms with E-state index in [1.165, 1.54) is 0 Å². The molecule has 0 aliphatic heterocycles. The predicted octanol–water partition coefficient (Wildman–Crippen LogP) is 24.6. The zero-order chi connectivity index (χ0) is 71.2. The van der Waals surface area contributed by atoms with Gasteiger partial charge in [0.15, 0.2) is 22.7 Å². The first-order valence-electron chi connectivity index (χ1n) is 33.1. The van der Waals surface area contributed by atoms with Gasteiger partial charge in [-0.2, -0.15) is 21.0 Å². The number of benzene rings is 12. The van der Waals surface area contributed by atoms with Crippen LogP contribution < -0.4 is 19.6 Å². The molecular formula is C90H62N12. The number of rotatable bonds is 13. The molecule has 0 saturated heterocycles. The first kappa shape index (κ1) is 65.1. The lowest BCUT2D eigenvalue weighted by molar-refractivity contribution is 0.0594. The van der Waals surface area contributed by atoms with Crippen LogP contribution >= 0.6 is 0 Å². The monoisotopic (exact) mass is 1310 g/mol. The van der Waals surface area contributed by atoms with Gasteiger partial charge in [-0.25, -0.2) is 19.4 Å². The van der Waals surface area contributed by atoms with Crippen molar-refractivity contribution in [3.8, 4) is 46.5 Å². The van der Waals surface area contributed by atoms with Gasteiger partial charge in [0.05, 0.1) is 72.8 Å². The normalized spacial score (nSPS) is 12.5. The lowest BCUT2D eigenvalue weighted by Crippen LogP contribution is -2.62. The van der Waals surface area contributed by atoms with E-state index in [9.17, 15) is 21.0 Å². The fourth-order valence-corrected chi connectivity index (χ4v) is 15.9. The Morgan fingerprint density at radius 1 is 0.245 bits per heavy atom. The van der Waals surface area contributed by atoms with Gasteiger partial charge < -0.3 is 19.6 Å². The minimum Gasteiger partial charge on any atom is -0.311 e. The van der Waals surface area contributed by atoms with Crippen LogP contribution in [0.3, 0.4) is 0 Å². The number of anilines is 12. The zero-order valence-corrected chi connectivity index (χ0v) is 56.8. The minimum atomic E-state index is -1.16. The second-order valence-corrected chi connectivity index (χ2v) is 27.4. The maximum Gasteiger partial charge on any atom is 0.187 e. The molecule has 0 spiro atoms. The largest absolute Gasteiger partial charge is 0.311 e. The summed E-state index contributed by atoms with van der Waals surface area (Å²) in [6.07, 6.45) is 0. The average Bonchev–Trinajstić information content (AvgIpc) is 1.45. The quantitative estimate of drug-likeness (QED) is 0.105. The summed E-state index contributed by atoms with van der Waals surface area (Å²) in [7, 11) is 0. The van der Waals surface area contributed by atoms with E-state index in [2.05, 4.69) is 178 Å². The van der Waals surface area contributed by atoms with Crippen molar-refractivity contribution in [3.05, 3.63) is 357 Å². The van der Waals surface area contributed by atoms with Crippen LogP contribution in [0, 0.1) is 82.4 Å². The van der Waals surface area contributed by atoms with Gasteiger partial charge >= 0.3 is 0 Å². The van der Waals surface area contributed by atoms with Crippen LogP contribution in [-0.2, 0) is 10.8 Å². The summed E-state index contributed by atoms with van der Waals surface area (Å²) in [5.74, 6) is 0. The van der Waals surface area contributed by atoms with Crippen LogP contribution in [0.15, 0.2) is 267 Å². The van der Waals surface area contributed by atoms with E-state index in [4.69, 9.17) is 26.3 Å². The van der Waals surface area contributed by atoms with Crippen LogP contribution in [0.1, 0.15) is 86.1 Å². The standard InChI is InChI=1S/C90H62N12/c1-87(2,3)89(83-51-75(99(67-27-11-59(55-91)12-28-67)71-35-19-63(95-7)20-36-71)43-47-79(83)80-48-44-76(52-84(80)89)100(68-29-13-60(56-92)14-30-68)72-37-21-64(96-8)22-38-72)90(88(4,5)6)85-53-77(101(69-31-15-61(57-93)16-32-69)73-39-23-65(97-9)24-40-73)45-49-81(85)82-50-46-78(54-86(82)90)102(70-33-17-62(58-94)18-34-70)74-41-25-66(98-10)26-42-74/h11-54H,1-6H3. The first-order valence-corrected chi connectivity index (χ1v) is 33.1. The summed E-state index contributed by atoms with van der Waals surface area (Å²) < 4.78 is 0. The Labute approximate surface area is 595 Å². The number of fused-ring (bicyclic) bond motifs is 6. The highest BCUT2D eigenvalue weighted by Crippen LogP contribution is 2.76. The second kappa shape index (κ2) is 25.6. The van der Waals surface area contributed by atoms with Crippen molar-refractivity contribution in [2.24, 2.45) is 10.8 Å². The van der Waals surface area contributed by atoms with E-state index in [1.807, 2.05) is 194 Å². The molecule has 12 aromatic carbocycles. The fourth-order valence-electron chi connectivity index (χ4n) is 15.9. The maximum absolute atomic E-state index is 10.2. The third kappa shape index (κ3) is 10.6. The number of hydrogen-bond donors (Lipinski definition) is 0. The molecular weight excluding hydrogens is 1250 g/mol. The second-order valence-electron chi connectivity index (χ2n) is 27.4. The Hall–Kier alpha value is -14.2. The lowest BCUT2D eigenvalue weighted by atomic mass is 9.39. The molecule has 0 heterocycles. The SMILES string of the molecule is [C-]#[N+]c1ccc(N(c2ccc(C#N)cc2)c2ccc3c(c2)C(C(C)(C)C)(C2(C(C)(C)C)c4cc(N(c5ccc(C#N)cc5)c5ccc([N+]#[C-])cc5)ccc4-c4ccc(N(c5ccc(C#N)cc5)c5ccc([N+]#[C-])cc5)cc42)c2cc(N(c4ccc(C#N)cc4)c4ccc([N+]#[C-])cc4)ccc2-3)cc1. The molecule has 0 saturated carbocycles. The van der Waals surface area contributed by atoms with Crippen molar-refractivity contribution in [2.45, 2.75) is 52.4 Å². The molecule has 0 atom stereocenters. The Morgan fingerprint density at radius 2 is 0.402 bits per heavy atom. The van der Waals surface area contributed by atoms with Crippen molar-refractivity contribution in [1.82, 2.24) is 0 Å². The topological polar surface area (TPSA) is 126 Å². The van der Waals surface area contributed by atoms with Gasteiger partial charge in [0.1, 0.15) is 0 Å². The third-order valence-electron chi connectivity index (χ3n) is 20.0. The van der Waals surface area contributed by atoms with Crippen LogP contribution in [-0.4, -0.2) is 0 Å². The summed E-state index contributed by atoms with van der Waals surface area (Å²) in [4.78, 5) is 23.9. The molecule has 2 aliphatic carbocycles. The van der Waals surface area contributed by atoms with E-state index in [1.54, 1.807) is 0 Å². The third-order valence-corrected chi connectivity index (χ3v) is 20.0. The summed E-state index contributed by atoms with van der Waals surface area (Å²) in [6.45, 7) is 46.1. The summed E-state index contributed by atoms with van der Waals surface area (Å²) in [5.41, 5.74) is 17.9. The molecule has 12 nitrogen and oxygen atoms in total. The molecule has 0 amide bonds. The van der Waals surface area contributed by atoms with Gasteiger partial charge in [0.2, 0.25) is 0 Å². The number of nitrogens with zero attached hydrogens (tertiary/aromatic N) is 12. The van der Waals surface area contributed by atoms with Crippen molar-refractivity contribution in [2.75, 3.05) is 19.6 Å². The van der Waals surface area contributed by atoms with E-state index < -0.39 is 21.7 Å². The molecule has 0 fully saturated rings. The van der Waals surface area contributed by atoms with E-state index in [-0.39, 0.29) is 0 Å². The van der Waals surface area contributed by atoms with Crippen LogP contribution in [0.2, 0.25) is 0 Å². The molecule has 0 radical (unpaired) electrons. The minimum absolute atomic E-state index is 0.489. The van der Waals surface area contributed by atoms with E-state index in [0.717, 1.165) is 113 Å². The van der Waals surface area contributed by atoms with Crippen LogP contribution in [0.5, 0.6) is 0 Å².